The lowest BCUT2D eigenvalue weighted by atomic mass is 10.0. The zero-order chi connectivity index (χ0) is 57.3. The van der Waals surface area contributed by atoms with Gasteiger partial charge in [0.05, 0.1) is 11.6 Å². The van der Waals surface area contributed by atoms with E-state index in [2.05, 4.69) is 57.5 Å². The number of hydrogen-bond acceptors (Lipinski definition) is 13. The third-order valence-electron chi connectivity index (χ3n) is 12.3. The predicted molar refractivity (Wildman–Crippen MR) is 283 cm³/mol. The van der Waals surface area contributed by atoms with Crippen LogP contribution in [0.5, 0.6) is 0 Å². The molecule has 420 valence electrons. The maximum Gasteiger partial charge on any atom is 0.303 e. The van der Waals surface area contributed by atoms with Crippen LogP contribution in [0.2, 0.25) is 0 Å². The van der Waals surface area contributed by atoms with Crippen molar-refractivity contribution in [1.82, 2.24) is 47.5 Å². The molecule has 0 aliphatic carbocycles. The van der Waals surface area contributed by atoms with Gasteiger partial charge in [0.25, 0.3) is 0 Å². The highest BCUT2D eigenvalue weighted by Crippen LogP contribution is 2.20. The fourth-order valence-corrected chi connectivity index (χ4v) is 8.30. The molecule has 0 saturated carbocycles. The van der Waals surface area contributed by atoms with Crippen LogP contribution in [0.4, 0.5) is 0 Å². The van der Waals surface area contributed by atoms with Crippen molar-refractivity contribution in [3.05, 3.63) is 71.4 Å². The molecule has 1 aliphatic rings. The molecule has 28 nitrogen and oxygen atoms in total. The first kappa shape index (κ1) is 61.3. The third-order valence-corrected chi connectivity index (χ3v) is 12.3. The molecule has 3 aromatic rings. The van der Waals surface area contributed by atoms with Gasteiger partial charge in [0.1, 0.15) is 42.3 Å². The number of rotatable bonds is 19. The second kappa shape index (κ2) is 30.9. The summed E-state index contributed by atoms with van der Waals surface area (Å²) in [5.74, 6) is -9.71. The Bertz CT molecular complexity index is 2730. The molecule has 78 heavy (non-hydrogen) atoms. The van der Waals surface area contributed by atoms with Crippen molar-refractivity contribution in [2.45, 2.75) is 126 Å². The normalized spacial score (nSPS) is 20.6. The molecule has 9 amide bonds. The van der Waals surface area contributed by atoms with E-state index in [4.69, 9.17) is 28.7 Å². The van der Waals surface area contributed by atoms with Gasteiger partial charge in [-0.05, 0) is 80.7 Å². The van der Waals surface area contributed by atoms with Gasteiger partial charge >= 0.3 is 5.97 Å². The zero-order valence-electron chi connectivity index (χ0n) is 43.1. The van der Waals surface area contributed by atoms with Crippen LogP contribution in [-0.4, -0.2) is 143 Å². The minimum absolute atomic E-state index is 0.00683. The van der Waals surface area contributed by atoms with Crippen molar-refractivity contribution in [2.24, 2.45) is 38.7 Å². The van der Waals surface area contributed by atoms with Gasteiger partial charge < -0.3 is 81.3 Å². The smallest absolute Gasteiger partial charge is 0.303 e. The van der Waals surface area contributed by atoms with Gasteiger partial charge in [0.15, 0.2) is 11.9 Å². The molecular formula is C50H69N17O11. The summed E-state index contributed by atoms with van der Waals surface area (Å²) in [6.45, 7) is 1.16. The third kappa shape index (κ3) is 20.8. The zero-order valence-corrected chi connectivity index (χ0v) is 43.1. The predicted octanol–water partition coefficient (Wildman–Crippen LogP) is -3.61. The van der Waals surface area contributed by atoms with Gasteiger partial charge in [-0.3, -0.25) is 57.9 Å². The Kier molecular flexibility index (Phi) is 24.3. The van der Waals surface area contributed by atoms with Crippen molar-refractivity contribution in [3.8, 4) is 6.07 Å². The number of hydrogen-bond donors (Lipinski definition) is 15. The summed E-state index contributed by atoms with van der Waals surface area (Å²) < 4.78 is 0. The number of carbonyl (C=O) groups excluding carboxylic acids is 9. The molecule has 1 fully saturated rings. The number of para-hydroxylation sites is 1. The number of aromatic amines is 1. The van der Waals surface area contributed by atoms with E-state index in [1.807, 2.05) is 6.07 Å². The van der Waals surface area contributed by atoms with E-state index < -0.39 is 127 Å². The first-order valence-electron chi connectivity index (χ1n) is 25.2. The summed E-state index contributed by atoms with van der Waals surface area (Å²) in [6, 6.07) is 4.75. The summed E-state index contributed by atoms with van der Waals surface area (Å²) in [5, 5.41) is 40.6. The lowest BCUT2D eigenvalue weighted by Gasteiger charge is -2.28. The summed E-state index contributed by atoms with van der Waals surface area (Å²) >= 11 is 0. The standard InChI is InChI=1S/C50H69N17O11/c1-27(68)61-34(10-5-21-58-49(53)54)43(73)64-36-16-18-40(69)57-20-4-9-33(42(52)72)62-48(78)39(24-30-26-60-32-8-3-2-7-31(30)32)67-44(74)35(11-6-22-59-50(55)56)63-47(77)38(23-28-12-14-29(25-51)15-13-28)66-46(76)37(65-45(36)75)17-19-41(70)71/h2-3,7-8,12-15,26,33-39,60H,4-6,9-11,16-24H2,1H3,(H2,52,72)(H,57,69)(H,61,68)(H,62,78)(H,63,77)(H,64,73)(H,65,75)(H,66,76)(H,67,74)(H,70,71)(H4,53,54,58)(H4,55,56,59)/t33?,34-,35-,36-,37-,38+,39-/m0/s1. The number of nitriles is 1. The highest BCUT2D eigenvalue weighted by molar-refractivity contribution is 5.98. The lowest BCUT2D eigenvalue weighted by Crippen LogP contribution is -2.60. The molecule has 1 aromatic heterocycles. The van der Waals surface area contributed by atoms with Crippen molar-refractivity contribution in [3.63, 3.8) is 0 Å². The van der Waals surface area contributed by atoms with Gasteiger partial charge in [-0.25, -0.2) is 0 Å². The number of aliphatic imine (C=N–C) groups is 2. The second-order valence-corrected chi connectivity index (χ2v) is 18.5. The van der Waals surface area contributed by atoms with E-state index in [9.17, 15) is 58.3 Å². The number of guanidine groups is 2. The molecule has 2 heterocycles. The van der Waals surface area contributed by atoms with Gasteiger partial charge in [0.2, 0.25) is 53.2 Å². The summed E-state index contributed by atoms with van der Waals surface area (Å²) in [6.07, 6.45) is -0.753. The summed E-state index contributed by atoms with van der Waals surface area (Å²) in [7, 11) is 0. The fourth-order valence-electron chi connectivity index (χ4n) is 8.30. The van der Waals surface area contributed by atoms with Gasteiger partial charge in [-0.2, -0.15) is 5.26 Å². The maximum atomic E-state index is 14.7. The molecule has 0 spiro atoms. The molecule has 0 radical (unpaired) electrons. The molecule has 1 unspecified atom stereocenters. The van der Waals surface area contributed by atoms with Crippen LogP contribution in [0.15, 0.2) is 64.7 Å². The summed E-state index contributed by atoms with van der Waals surface area (Å²) in [4.78, 5) is 147. The van der Waals surface area contributed by atoms with E-state index in [0.717, 1.165) is 17.8 Å². The van der Waals surface area contributed by atoms with Gasteiger partial charge in [-0.15, -0.1) is 0 Å². The average molecular weight is 1080 g/mol. The first-order valence-corrected chi connectivity index (χ1v) is 25.2. The van der Waals surface area contributed by atoms with Crippen molar-refractivity contribution in [2.75, 3.05) is 19.6 Å². The Hall–Kier alpha value is -9.29. The number of carboxylic acids is 1. The van der Waals surface area contributed by atoms with Crippen molar-refractivity contribution in [1.29, 1.82) is 5.26 Å². The Morgan fingerprint density at radius 3 is 1.96 bits per heavy atom. The minimum Gasteiger partial charge on any atom is -0.481 e. The Morgan fingerprint density at radius 1 is 0.744 bits per heavy atom. The topological polar surface area (TPSA) is 482 Å². The Balaban J connectivity index is 1.81. The van der Waals surface area contributed by atoms with Crippen LogP contribution in [0, 0.1) is 11.3 Å². The van der Waals surface area contributed by atoms with Crippen molar-refractivity contribution < 1.29 is 53.1 Å². The number of aliphatic carboxylic acids is 1. The van der Waals surface area contributed by atoms with E-state index in [-0.39, 0.29) is 88.5 Å². The van der Waals surface area contributed by atoms with Crippen molar-refractivity contribution >= 4 is 82.0 Å². The molecule has 4 rings (SSSR count). The number of primary amides is 1. The number of carboxylic acid groups (broad SMARTS) is 1. The van der Waals surface area contributed by atoms with Gasteiger partial charge in [-0.1, -0.05) is 30.3 Å². The maximum absolute atomic E-state index is 14.7. The number of carbonyl (C=O) groups is 10. The quantitative estimate of drug-likeness (QED) is 0.0313. The number of nitrogens with one attached hydrogen (secondary N) is 9. The number of fused-ring (bicyclic) bond motifs is 1. The largest absolute Gasteiger partial charge is 0.481 e. The van der Waals surface area contributed by atoms with E-state index in [0.29, 0.717) is 11.1 Å². The second-order valence-electron chi connectivity index (χ2n) is 18.5. The van der Waals surface area contributed by atoms with Crippen LogP contribution in [-0.2, 0) is 60.8 Å². The lowest BCUT2D eigenvalue weighted by molar-refractivity contribution is -0.139. The number of H-pyrrole nitrogens is 1. The molecule has 20 N–H and O–H groups in total. The number of nitrogens with zero attached hydrogens (tertiary/aromatic N) is 3. The molecule has 1 saturated heterocycles. The number of aromatic nitrogens is 1. The Morgan fingerprint density at radius 2 is 1.33 bits per heavy atom. The molecule has 1 aliphatic heterocycles. The van der Waals surface area contributed by atoms with Crippen LogP contribution >= 0.6 is 0 Å². The van der Waals surface area contributed by atoms with Crippen LogP contribution in [0.3, 0.4) is 0 Å². The molecular weight excluding hydrogens is 1010 g/mol. The average Bonchev–Trinajstić information content (AvgIpc) is 3.81. The fraction of sp³-hybridized carbons (Fsp3) is 0.460. The Labute approximate surface area is 448 Å². The van der Waals surface area contributed by atoms with Crippen LogP contribution < -0.4 is 71.2 Å². The number of amides is 9. The van der Waals surface area contributed by atoms with E-state index in [1.165, 1.54) is 24.3 Å². The molecule has 2 aromatic carbocycles. The molecule has 28 heteroatoms. The van der Waals surface area contributed by atoms with Crippen LogP contribution in [0.25, 0.3) is 10.9 Å². The minimum atomic E-state index is -1.72. The first-order chi connectivity index (χ1) is 37.1. The highest BCUT2D eigenvalue weighted by atomic mass is 16.4. The van der Waals surface area contributed by atoms with E-state index >= 15 is 0 Å². The van der Waals surface area contributed by atoms with Gasteiger partial charge in [0, 0.05) is 69.3 Å². The van der Waals surface area contributed by atoms with E-state index in [1.54, 1.807) is 30.5 Å². The highest BCUT2D eigenvalue weighted by Gasteiger charge is 2.35. The summed E-state index contributed by atoms with van der Waals surface area (Å²) in [5.41, 5.74) is 29.7. The SMILES string of the molecule is CC(=O)N[C@@H](CCCN=C(N)N)C(=O)N[C@H]1CCC(=O)NCCCC(C(N)=O)NC(=O)[C@H](Cc2c[nH]c3ccccc23)NC(=O)[C@H](CCCN=C(N)N)NC(=O)[C@@H](Cc2ccc(C#N)cc2)NC(=O)[C@H](CCC(=O)O)NC1=O. The monoisotopic (exact) mass is 1080 g/mol. The molecule has 7 atom stereocenters. The molecule has 0 bridgehead atoms. The van der Waals surface area contributed by atoms with Crippen LogP contribution in [0.1, 0.15) is 87.8 Å². The number of benzene rings is 2. The number of nitrogens with two attached hydrogens (primary N) is 5.